The minimum atomic E-state index is 1.05. The molecule has 0 N–H and O–H groups in total. The van der Waals surface area contributed by atoms with Gasteiger partial charge in [-0.1, -0.05) is 77.4 Å². The lowest BCUT2D eigenvalue weighted by Crippen LogP contribution is -2.10. The third kappa shape index (κ3) is 4.80. The topological polar surface area (TPSA) is 3.24 Å². The molecule has 0 aliphatic heterocycles. The maximum Gasteiger partial charge on any atom is 0.0461 e. The highest BCUT2D eigenvalue weighted by Gasteiger charge is 2.12. The number of anilines is 3. The zero-order chi connectivity index (χ0) is 20.9. The standard InChI is InChI=1S/C29H29N/c1-22-4-10-25(11-5-22)12-13-26-14-20-29(21-15-26)30(27-16-6-23(2)7-17-27)28-18-8-24(3)9-19-28/h4-11,14-21H,12-13H2,1-3H3. The van der Waals surface area contributed by atoms with E-state index in [0.717, 1.165) is 12.8 Å². The molecule has 0 amide bonds. The molecule has 4 aromatic rings. The fourth-order valence-electron chi connectivity index (χ4n) is 3.69. The van der Waals surface area contributed by atoms with Crippen LogP contribution in [0.25, 0.3) is 0 Å². The molecule has 150 valence electrons. The molecule has 0 aliphatic carbocycles. The minimum absolute atomic E-state index is 1.05. The monoisotopic (exact) mass is 391 g/mol. The van der Waals surface area contributed by atoms with E-state index >= 15 is 0 Å². The Hall–Kier alpha value is -3.32. The van der Waals surface area contributed by atoms with E-state index in [-0.39, 0.29) is 0 Å². The molecule has 0 aliphatic rings. The fourth-order valence-corrected chi connectivity index (χ4v) is 3.69. The second kappa shape index (κ2) is 9.00. The zero-order valence-electron chi connectivity index (χ0n) is 18.1. The van der Waals surface area contributed by atoms with E-state index in [2.05, 4.69) is 123 Å². The van der Waals surface area contributed by atoms with Gasteiger partial charge in [0.2, 0.25) is 0 Å². The highest BCUT2D eigenvalue weighted by molar-refractivity contribution is 5.76. The van der Waals surface area contributed by atoms with E-state index in [4.69, 9.17) is 0 Å². The summed E-state index contributed by atoms with van der Waals surface area (Å²) in [5.74, 6) is 0. The first kappa shape index (κ1) is 20.0. The lowest BCUT2D eigenvalue weighted by molar-refractivity contribution is 0.959. The molecule has 0 heterocycles. The van der Waals surface area contributed by atoms with Crippen LogP contribution in [-0.4, -0.2) is 0 Å². The van der Waals surface area contributed by atoms with Gasteiger partial charge in [0.25, 0.3) is 0 Å². The van der Waals surface area contributed by atoms with Gasteiger partial charge < -0.3 is 4.90 Å². The second-order valence-electron chi connectivity index (χ2n) is 8.16. The van der Waals surface area contributed by atoms with Crippen molar-refractivity contribution in [3.05, 3.63) is 125 Å². The van der Waals surface area contributed by atoms with Crippen molar-refractivity contribution in [1.29, 1.82) is 0 Å². The molecule has 0 fully saturated rings. The summed E-state index contributed by atoms with van der Waals surface area (Å²) in [6.45, 7) is 6.39. The van der Waals surface area contributed by atoms with Crippen LogP contribution in [0.15, 0.2) is 97.1 Å². The maximum atomic E-state index is 2.32. The first-order valence-corrected chi connectivity index (χ1v) is 10.7. The van der Waals surface area contributed by atoms with Gasteiger partial charge in [-0.3, -0.25) is 0 Å². The number of hydrogen-bond donors (Lipinski definition) is 0. The molecule has 1 nitrogen and oxygen atoms in total. The van der Waals surface area contributed by atoms with Crippen molar-refractivity contribution in [2.75, 3.05) is 4.90 Å². The molecule has 0 saturated carbocycles. The summed E-state index contributed by atoms with van der Waals surface area (Å²) in [5, 5.41) is 0. The van der Waals surface area contributed by atoms with Gasteiger partial charge in [-0.25, -0.2) is 0 Å². The molecule has 1 heteroatoms. The SMILES string of the molecule is Cc1ccc(CCc2ccc(N(c3ccc(C)cc3)c3ccc(C)cc3)cc2)cc1. The lowest BCUT2D eigenvalue weighted by Gasteiger charge is -2.26. The van der Waals surface area contributed by atoms with Crippen LogP contribution in [0.1, 0.15) is 27.8 Å². The molecule has 0 saturated heterocycles. The van der Waals surface area contributed by atoms with E-state index in [9.17, 15) is 0 Å². The molecule has 0 aromatic heterocycles. The van der Waals surface area contributed by atoms with Crippen molar-refractivity contribution in [1.82, 2.24) is 0 Å². The summed E-state index contributed by atoms with van der Waals surface area (Å²) in [4.78, 5) is 2.32. The largest absolute Gasteiger partial charge is 0.311 e. The summed E-state index contributed by atoms with van der Waals surface area (Å²) in [5.41, 5.74) is 10.2. The molecule has 4 rings (SSSR count). The number of hydrogen-bond acceptors (Lipinski definition) is 1. The van der Waals surface area contributed by atoms with Crippen molar-refractivity contribution in [3.63, 3.8) is 0 Å². The van der Waals surface area contributed by atoms with Crippen LogP contribution < -0.4 is 4.90 Å². The first-order valence-electron chi connectivity index (χ1n) is 10.7. The number of aryl methyl sites for hydroxylation is 5. The van der Waals surface area contributed by atoms with Crippen LogP contribution in [-0.2, 0) is 12.8 Å². The van der Waals surface area contributed by atoms with Gasteiger partial charge in [0, 0.05) is 17.1 Å². The van der Waals surface area contributed by atoms with Gasteiger partial charge in [-0.15, -0.1) is 0 Å². The van der Waals surface area contributed by atoms with Gasteiger partial charge >= 0.3 is 0 Å². The molecule has 0 unspecified atom stereocenters. The Labute approximate surface area is 180 Å². The Kier molecular flexibility index (Phi) is 5.99. The van der Waals surface area contributed by atoms with Gasteiger partial charge in [0.15, 0.2) is 0 Å². The van der Waals surface area contributed by atoms with E-state index in [1.165, 1.54) is 44.9 Å². The van der Waals surface area contributed by atoms with Gasteiger partial charge in [-0.05, 0) is 81.1 Å². The van der Waals surface area contributed by atoms with Crippen molar-refractivity contribution in [2.45, 2.75) is 33.6 Å². The molecule has 4 aromatic carbocycles. The predicted molar refractivity (Wildman–Crippen MR) is 129 cm³/mol. The minimum Gasteiger partial charge on any atom is -0.311 e. The Morgan fingerprint density at radius 2 is 0.667 bits per heavy atom. The first-order chi connectivity index (χ1) is 14.6. The fraction of sp³-hybridized carbons (Fsp3) is 0.172. The summed E-state index contributed by atoms with van der Waals surface area (Å²) in [6.07, 6.45) is 2.12. The van der Waals surface area contributed by atoms with Crippen molar-refractivity contribution in [3.8, 4) is 0 Å². The van der Waals surface area contributed by atoms with E-state index in [1.54, 1.807) is 0 Å². The average molecular weight is 392 g/mol. The van der Waals surface area contributed by atoms with Crippen LogP contribution in [0.2, 0.25) is 0 Å². The van der Waals surface area contributed by atoms with Crippen molar-refractivity contribution in [2.24, 2.45) is 0 Å². The summed E-state index contributed by atoms with van der Waals surface area (Å²) in [6, 6.07) is 35.3. The Morgan fingerprint density at radius 1 is 0.400 bits per heavy atom. The average Bonchev–Trinajstić information content (AvgIpc) is 2.77. The Bertz CT molecular complexity index is 1030. The van der Waals surface area contributed by atoms with E-state index in [0.29, 0.717) is 0 Å². The van der Waals surface area contributed by atoms with Crippen molar-refractivity contribution >= 4 is 17.1 Å². The van der Waals surface area contributed by atoms with Crippen LogP contribution in [0.5, 0.6) is 0 Å². The Balaban J connectivity index is 1.58. The number of benzene rings is 4. The summed E-state index contributed by atoms with van der Waals surface area (Å²) in [7, 11) is 0. The van der Waals surface area contributed by atoms with Gasteiger partial charge in [0.05, 0.1) is 0 Å². The molecule has 0 radical (unpaired) electrons. The van der Waals surface area contributed by atoms with E-state index in [1.807, 2.05) is 0 Å². The second-order valence-corrected chi connectivity index (χ2v) is 8.16. The van der Waals surface area contributed by atoms with Gasteiger partial charge in [-0.2, -0.15) is 0 Å². The van der Waals surface area contributed by atoms with Crippen LogP contribution in [0.3, 0.4) is 0 Å². The highest BCUT2D eigenvalue weighted by Crippen LogP contribution is 2.34. The third-order valence-electron chi connectivity index (χ3n) is 5.60. The maximum absolute atomic E-state index is 2.32. The molecular weight excluding hydrogens is 362 g/mol. The van der Waals surface area contributed by atoms with Gasteiger partial charge in [0.1, 0.15) is 0 Å². The summed E-state index contributed by atoms with van der Waals surface area (Å²) < 4.78 is 0. The van der Waals surface area contributed by atoms with E-state index < -0.39 is 0 Å². The van der Waals surface area contributed by atoms with Crippen LogP contribution in [0.4, 0.5) is 17.1 Å². The molecule has 0 atom stereocenters. The quantitative estimate of drug-likeness (QED) is 0.323. The predicted octanol–water partition coefficient (Wildman–Crippen LogP) is 7.87. The Morgan fingerprint density at radius 3 is 1.03 bits per heavy atom. The molecule has 0 bridgehead atoms. The number of nitrogens with zero attached hydrogens (tertiary/aromatic N) is 1. The van der Waals surface area contributed by atoms with Crippen LogP contribution in [0, 0.1) is 20.8 Å². The molecule has 30 heavy (non-hydrogen) atoms. The van der Waals surface area contributed by atoms with Crippen LogP contribution >= 0.6 is 0 Å². The lowest BCUT2D eigenvalue weighted by atomic mass is 10.0. The normalized spacial score (nSPS) is 10.8. The van der Waals surface area contributed by atoms with Crippen molar-refractivity contribution < 1.29 is 0 Å². The smallest absolute Gasteiger partial charge is 0.0461 e. The molecule has 0 spiro atoms. The zero-order valence-corrected chi connectivity index (χ0v) is 18.1. The third-order valence-corrected chi connectivity index (χ3v) is 5.60. The highest BCUT2D eigenvalue weighted by atomic mass is 15.1. The number of rotatable bonds is 6. The molecular formula is C29H29N. The summed E-state index contributed by atoms with van der Waals surface area (Å²) >= 11 is 0.